The highest BCUT2D eigenvalue weighted by atomic mass is 31.1. The summed E-state index contributed by atoms with van der Waals surface area (Å²) in [6.45, 7) is 44.8. The van der Waals surface area contributed by atoms with Crippen molar-refractivity contribution in [3.63, 3.8) is 0 Å². The van der Waals surface area contributed by atoms with Gasteiger partial charge in [0.25, 0.3) is 0 Å². The predicted octanol–water partition coefficient (Wildman–Crippen LogP) is 16.8. The Hall–Kier alpha value is -5.12. The quantitative estimate of drug-likeness (QED) is 0.0545. The molecule has 7 nitrogen and oxygen atoms in total. The summed E-state index contributed by atoms with van der Waals surface area (Å²) < 4.78 is 4.69. The highest BCUT2D eigenvalue weighted by Gasteiger charge is 2.42. The van der Waals surface area contributed by atoms with Crippen molar-refractivity contribution in [2.24, 2.45) is 10.4 Å². The van der Waals surface area contributed by atoms with Crippen LogP contribution in [0.25, 0.3) is 6.08 Å². The first-order valence-electron chi connectivity index (χ1n) is 28.1. The van der Waals surface area contributed by atoms with E-state index in [1.165, 1.54) is 119 Å². The largest absolute Gasteiger partial charge is 0.385 e. The number of carbonyl (C=O) groups excluding carboxylic acids is 2. The van der Waals surface area contributed by atoms with E-state index in [0.29, 0.717) is 6.54 Å². The zero-order valence-corrected chi connectivity index (χ0v) is 52.5. The summed E-state index contributed by atoms with van der Waals surface area (Å²) in [6.07, 6.45) is 19.8. The van der Waals surface area contributed by atoms with E-state index in [1.54, 1.807) is 14.2 Å². The molecule has 3 fully saturated rings. The van der Waals surface area contributed by atoms with E-state index < -0.39 is 0 Å². The van der Waals surface area contributed by atoms with Crippen LogP contribution in [0.5, 0.6) is 0 Å². The smallest absolute Gasteiger partial charge is 0.145 e. The number of methoxy groups -OCH3 is 1. The minimum Gasteiger partial charge on any atom is -0.385 e. The van der Waals surface area contributed by atoms with Gasteiger partial charge in [-0.05, 0) is 212 Å². The lowest BCUT2D eigenvalue weighted by atomic mass is 9.90. The van der Waals surface area contributed by atoms with E-state index in [-0.39, 0.29) is 5.41 Å². The Labute approximate surface area is 468 Å². The molecule has 3 aromatic rings. The maximum absolute atomic E-state index is 10.7. The zero-order chi connectivity index (χ0) is 57.8. The van der Waals surface area contributed by atoms with Crippen molar-refractivity contribution in [2.75, 3.05) is 64.7 Å². The maximum Gasteiger partial charge on any atom is 0.145 e. The van der Waals surface area contributed by atoms with Crippen molar-refractivity contribution < 1.29 is 14.3 Å². The molecule has 2 saturated heterocycles. The standard InChI is InChI=1S/C16H17N.C16H21OP.C10H17N.C10H14.C8H14N2O.C4H10O.2C2H6/c1-4-5-8-15-12-16(10-9-13(15)2)17-11-6-7-14(17)3;1-12(11-17)9-16-10-15(4-3-13(16)2)14-5-7-18-8-6-14;1-8(2)10-7-11(4)6-5-9(10)3;1-7-5-8(2)10(4)9(3)6-7;1-8(3-4-8)7(9-2)10-5-6-11;1-3-4-5-2;2*1-2/h6,9-12H,3,7-8H2,1-2H3;3-4,9-11,14,18H,5-8H2,1-2H3;3,5-7H2,1-2,4H3;5-6H,1-4H3;6H,3-5H2,1-2H3,(H,9,10);3-4H2,1-2H3;2*1-2H3/b;12-9+;;;;;;. The number of hydrogen-bond donors (Lipinski definition) is 1. The van der Waals surface area contributed by atoms with Gasteiger partial charge in [0, 0.05) is 69.7 Å². The SMILES string of the molecule is C/C(C=O)=C\c1cc(C2CCPCC2)ccc1C.C=C1CC=CN1c1ccc(C)c(CC#CC)c1.C=C1CCN(C)CC1=C(C)C.CC.CC.CCCOC.CN=C(NCC=O)C1(C)CC1.Cc1cc(C)c(C)c(C)c1. The predicted molar refractivity (Wildman–Crippen MR) is 339 cm³/mol. The van der Waals surface area contributed by atoms with Crippen molar-refractivity contribution in [3.05, 3.63) is 152 Å². The van der Waals surface area contributed by atoms with E-state index in [0.717, 1.165) is 81.0 Å². The van der Waals surface area contributed by atoms with Crippen LogP contribution in [0.15, 0.2) is 107 Å². The van der Waals surface area contributed by atoms with Gasteiger partial charge in [-0.15, -0.1) is 14.5 Å². The first kappa shape index (κ1) is 70.9. The number of aryl methyl sites for hydroxylation is 5. The number of amidine groups is 1. The van der Waals surface area contributed by atoms with Crippen LogP contribution in [-0.2, 0) is 20.7 Å². The van der Waals surface area contributed by atoms with Crippen molar-refractivity contribution >= 4 is 38.8 Å². The second kappa shape index (κ2) is 40.1. The lowest BCUT2D eigenvalue weighted by Gasteiger charge is -2.27. The van der Waals surface area contributed by atoms with Crippen LogP contribution in [0, 0.1) is 58.8 Å². The number of carbonyl (C=O) groups is 2. The molecule has 7 rings (SSSR count). The molecular weight excluding hydrogens is 952 g/mol. The number of benzene rings is 3. The molecule has 1 N–H and O–H groups in total. The number of likely N-dealkylation sites (N-methyl/N-ethyl adjacent to an activating group) is 1. The normalized spacial score (nSPS) is 16.4. The lowest BCUT2D eigenvalue weighted by Crippen LogP contribution is -2.31. The zero-order valence-electron chi connectivity index (χ0n) is 51.5. The summed E-state index contributed by atoms with van der Waals surface area (Å²) in [5.41, 5.74) is 19.6. The molecule has 4 aliphatic rings. The number of hydrogen-bond acceptors (Lipinski definition) is 6. The van der Waals surface area contributed by atoms with Gasteiger partial charge < -0.3 is 24.6 Å². The highest BCUT2D eigenvalue weighted by molar-refractivity contribution is 7.38. The molecular formula is C68H105N4O3P. The van der Waals surface area contributed by atoms with E-state index >= 15 is 0 Å². The Balaban J connectivity index is 0.000000905. The van der Waals surface area contributed by atoms with Crippen LogP contribution in [0.4, 0.5) is 5.69 Å². The number of piperidine rings is 1. The van der Waals surface area contributed by atoms with Gasteiger partial charge in [0.1, 0.15) is 18.4 Å². The monoisotopic (exact) mass is 1060 g/mol. The topological polar surface area (TPSA) is 74.2 Å². The number of aliphatic imine (C=N–C) groups is 1. The summed E-state index contributed by atoms with van der Waals surface area (Å²) in [6, 6.07) is 17.7. The number of rotatable bonds is 10. The second-order valence-corrected chi connectivity index (χ2v) is 21.7. The fourth-order valence-electron chi connectivity index (χ4n) is 8.48. The van der Waals surface area contributed by atoms with Gasteiger partial charge in [-0.1, -0.05) is 114 Å². The third kappa shape index (κ3) is 26.8. The number of nitrogens with one attached hydrogen (secondary N) is 1. The number of anilines is 1. The highest BCUT2D eigenvalue weighted by Crippen LogP contribution is 2.45. The summed E-state index contributed by atoms with van der Waals surface area (Å²) in [4.78, 5) is 29.4. The van der Waals surface area contributed by atoms with Gasteiger partial charge in [-0.3, -0.25) is 9.79 Å². The van der Waals surface area contributed by atoms with Gasteiger partial charge in [0.05, 0.1) is 6.54 Å². The van der Waals surface area contributed by atoms with Crippen LogP contribution >= 0.6 is 8.58 Å². The van der Waals surface area contributed by atoms with E-state index in [4.69, 9.17) is 4.74 Å². The Morgan fingerprint density at radius 1 is 0.908 bits per heavy atom. The molecule has 0 atom stereocenters. The van der Waals surface area contributed by atoms with Crippen molar-refractivity contribution in [3.8, 4) is 11.8 Å². The molecule has 0 spiro atoms. The number of ether oxygens (including phenoxy) is 1. The summed E-state index contributed by atoms with van der Waals surface area (Å²) in [5.74, 6) is 7.78. The number of aldehydes is 2. The molecule has 1 aliphatic carbocycles. The summed E-state index contributed by atoms with van der Waals surface area (Å²) in [5, 5.41) is 3.00. The Bertz CT molecular complexity index is 2390. The van der Waals surface area contributed by atoms with Crippen molar-refractivity contribution in [2.45, 2.75) is 168 Å². The minimum atomic E-state index is 0.248. The van der Waals surface area contributed by atoms with E-state index in [9.17, 15) is 9.59 Å². The number of allylic oxidation sites excluding steroid dienone is 3. The number of likely N-dealkylation sites (tertiary alicyclic amines) is 1. The van der Waals surface area contributed by atoms with Gasteiger partial charge in [-0.2, -0.15) is 0 Å². The third-order valence-electron chi connectivity index (χ3n) is 13.6. The molecule has 1 saturated carbocycles. The third-order valence-corrected chi connectivity index (χ3v) is 14.9. The van der Waals surface area contributed by atoms with Crippen LogP contribution < -0.4 is 10.2 Å². The molecule has 0 unspecified atom stereocenters. The van der Waals surface area contributed by atoms with Crippen LogP contribution in [0.1, 0.15) is 170 Å². The molecule has 8 heteroatoms. The van der Waals surface area contributed by atoms with Crippen molar-refractivity contribution in [1.82, 2.24) is 10.2 Å². The molecule has 0 aromatic heterocycles. The fraction of sp³-hybridized carbons (Fsp3) is 0.515. The molecule has 3 aromatic carbocycles. The first-order valence-corrected chi connectivity index (χ1v) is 29.5. The average molecular weight is 1060 g/mol. The van der Waals surface area contributed by atoms with Crippen LogP contribution in [0.3, 0.4) is 0 Å². The maximum atomic E-state index is 10.7. The molecule has 3 aliphatic heterocycles. The van der Waals surface area contributed by atoms with Gasteiger partial charge in [0.2, 0.25) is 0 Å². The molecule has 76 heavy (non-hydrogen) atoms. The van der Waals surface area contributed by atoms with Crippen molar-refractivity contribution in [1.29, 1.82) is 0 Å². The molecule has 0 bridgehead atoms. The molecule has 3 heterocycles. The molecule has 0 radical (unpaired) electrons. The van der Waals surface area contributed by atoms with Gasteiger partial charge in [-0.25, -0.2) is 0 Å². The van der Waals surface area contributed by atoms with Gasteiger partial charge >= 0.3 is 0 Å². The van der Waals surface area contributed by atoms with Gasteiger partial charge in [0.15, 0.2) is 0 Å². The molecule has 0 amide bonds. The minimum absolute atomic E-state index is 0.248. The second-order valence-electron chi connectivity index (χ2n) is 20.2. The summed E-state index contributed by atoms with van der Waals surface area (Å²) >= 11 is 0. The first-order chi connectivity index (χ1) is 36.3. The Morgan fingerprint density at radius 2 is 1.53 bits per heavy atom. The lowest BCUT2D eigenvalue weighted by molar-refractivity contribution is -0.107. The Morgan fingerprint density at radius 3 is 2.00 bits per heavy atom. The average Bonchev–Trinajstić information content (AvgIpc) is 4.03. The molecule has 420 valence electrons. The van der Waals surface area contributed by atoms with E-state index in [1.807, 2.05) is 47.6 Å². The number of nitrogens with zero attached hydrogens (tertiary/aromatic N) is 3. The summed E-state index contributed by atoms with van der Waals surface area (Å²) in [7, 11) is 6.80. The Kier molecular flexibility index (Phi) is 37.4. The van der Waals surface area contributed by atoms with Crippen LogP contribution in [0.2, 0.25) is 0 Å². The van der Waals surface area contributed by atoms with E-state index in [2.05, 4.69) is 182 Å². The fourth-order valence-corrected chi connectivity index (χ4v) is 9.84. The van der Waals surface area contributed by atoms with Crippen LogP contribution in [-0.4, -0.2) is 83.1 Å².